The van der Waals surface area contributed by atoms with Crippen molar-refractivity contribution in [2.45, 2.75) is 19.6 Å². The van der Waals surface area contributed by atoms with Crippen LogP contribution in [0.25, 0.3) is 21.3 Å². The van der Waals surface area contributed by atoms with E-state index in [0.29, 0.717) is 20.8 Å². The number of aliphatic hydroxyl groups excluding tert-OH is 1. The van der Waals surface area contributed by atoms with Crippen LogP contribution in [0.5, 0.6) is 0 Å². The Bertz CT molecular complexity index is 1150. The minimum Gasteiger partial charge on any atom is -0.387 e. The first-order chi connectivity index (χ1) is 13.0. The van der Waals surface area contributed by atoms with Crippen LogP contribution in [0.4, 0.5) is 0 Å². The molecule has 0 fully saturated rings. The summed E-state index contributed by atoms with van der Waals surface area (Å²) in [6, 6.07) is 16.8. The molecule has 4 nitrogen and oxygen atoms in total. The first-order valence-electron chi connectivity index (χ1n) is 8.52. The number of benzene rings is 2. The van der Waals surface area contributed by atoms with E-state index in [1.54, 1.807) is 24.3 Å². The maximum absolute atomic E-state index is 13.2. The van der Waals surface area contributed by atoms with Crippen molar-refractivity contribution in [3.63, 3.8) is 0 Å². The maximum Gasteiger partial charge on any atom is 0.262 e. The molecule has 0 radical (unpaired) electrons. The van der Waals surface area contributed by atoms with E-state index in [4.69, 9.17) is 11.6 Å². The van der Waals surface area contributed by atoms with Crippen LogP contribution >= 0.6 is 22.9 Å². The van der Waals surface area contributed by atoms with Crippen LogP contribution in [-0.2, 0) is 6.54 Å². The second kappa shape index (κ2) is 7.27. The summed E-state index contributed by atoms with van der Waals surface area (Å²) in [5.41, 5.74) is 2.48. The van der Waals surface area contributed by atoms with E-state index >= 15 is 0 Å². The second-order valence-corrected chi connectivity index (χ2v) is 7.99. The molecule has 0 spiro atoms. The maximum atomic E-state index is 13.2. The molecule has 0 aliphatic heterocycles. The number of nitrogens with zero attached hydrogens (tertiary/aromatic N) is 2. The highest BCUT2D eigenvalue weighted by Crippen LogP contribution is 2.35. The van der Waals surface area contributed by atoms with E-state index in [1.165, 1.54) is 22.2 Å². The molecule has 0 amide bonds. The van der Waals surface area contributed by atoms with E-state index in [-0.39, 0.29) is 12.1 Å². The van der Waals surface area contributed by atoms with Gasteiger partial charge in [0.25, 0.3) is 5.56 Å². The van der Waals surface area contributed by atoms with E-state index in [1.807, 2.05) is 37.3 Å². The van der Waals surface area contributed by atoms with Gasteiger partial charge in [-0.1, -0.05) is 54.1 Å². The van der Waals surface area contributed by atoms with Crippen LogP contribution in [0.15, 0.2) is 65.7 Å². The summed E-state index contributed by atoms with van der Waals surface area (Å²) in [5, 5.41) is 11.7. The van der Waals surface area contributed by atoms with E-state index in [9.17, 15) is 9.90 Å². The summed E-state index contributed by atoms with van der Waals surface area (Å²) in [7, 11) is 0. The largest absolute Gasteiger partial charge is 0.387 e. The van der Waals surface area contributed by atoms with Gasteiger partial charge in [0.1, 0.15) is 4.83 Å². The summed E-state index contributed by atoms with van der Waals surface area (Å²) >= 11 is 7.41. The third-order valence-corrected chi connectivity index (χ3v) is 5.81. The van der Waals surface area contributed by atoms with Crippen molar-refractivity contribution in [3.05, 3.63) is 86.7 Å². The van der Waals surface area contributed by atoms with Crippen LogP contribution in [0, 0.1) is 6.92 Å². The van der Waals surface area contributed by atoms with Gasteiger partial charge in [0.2, 0.25) is 0 Å². The Morgan fingerprint density at radius 3 is 2.56 bits per heavy atom. The molecule has 0 saturated heterocycles. The topological polar surface area (TPSA) is 55.1 Å². The van der Waals surface area contributed by atoms with Crippen LogP contribution in [-0.4, -0.2) is 14.7 Å². The fraction of sp³-hybridized carbons (Fsp3) is 0.143. The van der Waals surface area contributed by atoms with Crippen molar-refractivity contribution < 1.29 is 5.11 Å². The first kappa shape index (κ1) is 17.9. The lowest BCUT2D eigenvalue weighted by atomic mass is 10.0. The summed E-state index contributed by atoms with van der Waals surface area (Å²) in [6.07, 6.45) is 0.688. The van der Waals surface area contributed by atoms with Crippen LogP contribution in [0.1, 0.15) is 16.5 Å². The number of hydrogen-bond acceptors (Lipinski definition) is 4. The zero-order chi connectivity index (χ0) is 19.0. The molecule has 4 rings (SSSR count). The number of fused-ring (bicyclic) bond motifs is 1. The molecule has 136 valence electrons. The molecule has 0 bridgehead atoms. The SMILES string of the molecule is Cc1sc2ncn(CC(O)c3ccc(Cl)cc3)c(=O)c2c1-c1ccccc1. The van der Waals surface area contributed by atoms with Crippen LogP contribution < -0.4 is 5.56 Å². The minimum atomic E-state index is -0.820. The lowest BCUT2D eigenvalue weighted by molar-refractivity contribution is 0.155. The number of hydrogen-bond donors (Lipinski definition) is 1. The van der Waals surface area contributed by atoms with Crippen LogP contribution in [0.3, 0.4) is 0 Å². The van der Waals surface area contributed by atoms with Gasteiger partial charge in [-0.2, -0.15) is 0 Å². The van der Waals surface area contributed by atoms with Crippen LogP contribution in [0.2, 0.25) is 5.02 Å². The molecule has 2 aromatic carbocycles. The van der Waals surface area contributed by atoms with Crippen molar-refractivity contribution in [1.29, 1.82) is 0 Å². The predicted molar refractivity (Wildman–Crippen MR) is 110 cm³/mol. The summed E-state index contributed by atoms with van der Waals surface area (Å²) in [5.74, 6) is 0. The Labute approximate surface area is 165 Å². The molecular weight excluding hydrogens is 380 g/mol. The van der Waals surface area contributed by atoms with Crippen molar-refractivity contribution >= 4 is 33.2 Å². The third kappa shape index (κ3) is 3.41. The molecule has 2 heterocycles. The molecule has 0 aliphatic carbocycles. The number of thiophene rings is 1. The van der Waals surface area contributed by atoms with Gasteiger partial charge in [-0.25, -0.2) is 4.98 Å². The molecule has 1 N–H and O–H groups in total. The number of aromatic nitrogens is 2. The number of rotatable bonds is 4. The average Bonchev–Trinajstić information content (AvgIpc) is 3.02. The highest BCUT2D eigenvalue weighted by molar-refractivity contribution is 7.19. The van der Waals surface area contributed by atoms with E-state index in [2.05, 4.69) is 4.98 Å². The molecule has 1 unspecified atom stereocenters. The Morgan fingerprint density at radius 2 is 1.85 bits per heavy atom. The Hall–Kier alpha value is -2.47. The molecule has 0 aliphatic rings. The third-order valence-electron chi connectivity index (χ3n) is 4.54. The van der Waals surface area contributed by atoms with Gasteiger partial charge in [-0.05, 0) is 30.2 Å². The predicted octanol–water partition coefficient (Wildman–Crippen LogP) is 4.82. The lowest BCUT2D eigenvalue weighted by Gasteiger charge is -2.13. The molecule has 4 aromatic rings. The van der Waals surface area contributed by atoms with E-state index < -0.39 is 6.10 Å². The number of aryl methyl sites for hydroxylation is 1. The highest BCUT2D eigenvalue weighted by atomic mass is 35.5. The summed E-state index contributed by atoms with van der Waals surface area (Å²) < 4.78 is 1.47. The lowest BCUT2D eigenvalue weighted by Crippen LogP contribution is -2.23. The average molecular weight is 397 g/mol. The quantitative estimate of drug-likeness (QED) is 0.538. The zero-order valence-electron chi connectivity index (χ0n) is 14.6. The second-order valence-electron chi connectivity index (χ2n) is 6.35. The highest BCUT2D eigenvalue weighted by Gasteiger charge is 2.18. The number of aliphatic hydroxyl groups is 1. The minimum absolute atomic E-state index is 0.131. The Morgan fingerprint density at radius 1 is 1.15 bits per heavy atom. The Balaban J connectivity index is 1.78. The molecule has 27 heavy (non-hydrogen) atoms. The standard InChI is InChI=1S/C21H17ClN2O2S/c1-13-18(15-5-3-2-4-6-15)19-20(27-13)23-12-24(21(19)26)11-17(25)14-7-9-16(22)10-8-14/h2-10,12,17,25H,11H2,1H3. The van der Waals surface area contributed by atoms with Gasteiger partial charge < -0.3 is 5.11 Å². The van der Waals surface area contributed by atoms with Crippen molar-refractivity contribution in [3.8, 4) is 11.1 Å². The first-order valence-corrected chi connectivity index (χ1v) is 9.71. The zero-order valence-corrected chi connectivity index (χ0v) is 16.2. The fourth-order valence-electron chi connectivity index (χ4n) is 3.20. The molecule has 1 atom stereocenters. The van der Waals surface area contributed by atoms with Gasteiger partial charge in [-0.15, -0.1) is 11.3 Å². The van der Waals surface area contributed by atoms with Gasteiger partial charge in [0, 0.05) is 15.5 Å². The Kier molecular flexibility index (Phi) is 4.83. The van der Waals surface area contributed by atoms with Crippen molar-refractivity contribution in [2.75, 3.05) is 0 Å². The normalized spacial score (nSPS) is 12.4. The van der Waals surface area contributed by atoms with Crippen molar-refractivity contribution in [1.82, 2.24) is 9.55 Å². The van der Waals surface area contributed by atoms with E-state index in [0.717, 1.165) is 16.0 Å². The van der Waals surface area contributed by atoms with Gasteiger partial charge in [0.15, 0.2) is 0 Å². The summed E-state index contributed by atoms with van der Waals surface area (Å²) in [6.45, 7) is 2.13. The summed E-state index contributed by atoms with van der Waals surface area (Å²) in [4.78, 5) is 19.4. The van der Waals surface area contributed by atoms with Gasteiger partial charge in [-0.3, -0.25) is 9.36 Å². The number of halogens is 1. The fourth-order valence-corrected chi connectivity index (χ4v) is 4.33. The monoisotopic (exact) mass is 396 g/mol. The van der Waals surface area contributed by atoms with Gasteiger partial charge >= 0.3 is 0 Å². The molecule has 2 aromatic heterocycles. The van der Waals surface area contributed by atoms with Crippen molar-refractivity contribution in [2.24, 2.45) is 0 Å². The smallest absolute Gasteiger partial charge is 0.262 e. The molecule has 6 heteroatoms. The van der Waals surface area contributed by atoms with Gasteiger partial charge in [0.05, 0.1) is 24.4 Å². The molecular formula is C21H17ClN2O2S. The molecule has 0 saturated carbocycles.